The summed E-state index contributed by atoms with van der Waals surface area (Å²) < 4.78 is 36.2. The second-order valence-electron chi connectivity index (χ2n) is 4.57. The molecule has 1 atom stereocenters. The second-order valence-corrected chi connectivity index (χ2v) is 4.57. The Kier molecular flexibility index (Phi) is 6.01. The standard InChI is InChI=1S/C14H18F3NO2/c1-2-3-4-10-5-7-11(8-6-10)13(20)18-9-12(19)14(15,16)17/h5-8,12,19H,2-4,9H2,1H3,(H,18,20). The van der Waals surface area contributed by atoms with Gasteiger partial charge in [0.05, 0.1) is 6.54 Å². The molecule has 1 aromatic rings. The van der Waals surface area contributed by atoms with Gasteiger partial charge in [0.1, 0.15) is 0 Å². The van der Waals surface area contributed by atoms with Gasteiger partial charge in [0, 0.05) is 5.56 Å². The Hall–Kier alpha value is -1.56. The zero-order valence-corrected chi connectivity index (χ0v) is 11.2. The van der Waals surface area contributed by atoms with Gasteiger partial charge in [-0.2, -0.15) is 13.2 Å². The van der Waals surface area contributed by atoms with E-state index in [9.17, 15) is 18.0 Å². The third kappa shape index (κ3) is 5.21. The van der Waals surface area contributed by atoms with E-state index in [1.54, 1.807) is 24.3 Å². The highest BCUT2D eigenvalue weighted by Gasteiger charge is 2.38. The number of aliphatic hydroxyl groups is 1. The third-order valence-corrected chi connectivity index (χ3v) is 2.87. The van der Waals surface area contributed by atoms with Crippen molar-refractivity contribution < 1.29 is 23.1 Å². The lowest BCUT2D eigenvalue weighted by Crippen LogP contribution is -2.40. The van der Waals surface area contributed by atoms with E-state index in [4.69, 9.17) is 5.11 Å². The van der Waals surface area contributed by atoms with Gasteiger partial charge in [-0.05, 0) is 30.5 Å². The summed E-state index contributed by atoms with van der Waals surface area (Å²) in [6, 6.07) is 6.70. The van der Waals surface area contributed by atoms with E-state index in [0.717, 1.165) is 24.8 Å². The van der Waals surface area contributed by atoms with E-state index in [0.29, 0.717) is 0 Å². The maximum absolute atomic E-state index is 12.1. The summed E-state index contributed by atoms with van der Waals surface area (Å²) in [5.74, 6) is -0.629. The van der Waals surface area contributed by atoms with Crippen LogP contribution in [0.1, 0.15) is 35.7 Å². The molecule has 0 radical (unpaired) electrons. The molecule has 0 aliphatic heterocycles. The topological polar surface area (TPSA) is 49.3 Å². The second kappa shape index (κ2) is 7.28. The first-order valence-corrected chi connectivity index (χ1v) is 6.46. The fraction of sp³-hybridized carbons (Fsp3) is 0.500. The van der Waals surface area contributed by atoms with Gasteiger partial charge in [0.15, 0.2) is 6.10 Å². The molecular weight excluding hydrogens is 271 g/mol. The first kappa shape index (κ1) is 16.5. The van der Waals surface area contributed by atoms with Crippen LogP contribution in [0.25, 0.3) is 0 Å². The molecule has 0 aromatic heterocycles. The number of unbranched alkanes of at least 4 members (excludes halogenated alkanes) is 1. The number of aliphatic hydroxyl groups excluding tert-OH is 1. The Morgan fingerprint density at radius 2 is 1.90 bits per heavy atom. The minimum absolute atomic E-state index is 0.277. The molecule has 3 nitrogen and oxygen atoms in total. The van der Waals surface area contributed by atoms with Gasteiger partial charge < -0.3 is 10.4 Å². The van der Waals surface area contributed by atoms with Gasteiger partial charge in [-0.3, -0.25) is 4.79 Å². The van der Waals surface area contributed by atoms with E-state index in [-0.39, 0.29) is 5.56 Å². The number of benzene rings is 1. The maximum atomic E-state index is 12.1. The van der Waals surface area contributed by atoms with Crippen molar-refractivity contribution in [2.45, 2.75) is 38.5 Å². The van der Waals surface area contributed by atoms with Crippen molar-refractivity contribution in [3.05, 3.63) is 35.4 Å². The molecule has 1 rings (SSSR count). The number of amides is 1. The van der Waals surface area contributed by atoms with Crippen LogP contribution >= 0.6 is 0 Å². The lowest BCUT2D eigenvalue weighted by Gasteiger charge is -2.15. The lowest BCUT2D eigenvalue weighted by atomic mass is 10.1. The normalized spacial score (nSPS) is 13.1. The van der Waals surface area contributed by atoms with Gasteiger partial charge >= 0.3 is 6.18 Å². The number of hydrogen-bond donors (Lipinski definition) is 2. The van der Waals surface area contributed by atoms with E-state index < -0.39 is 24.7 Å². The average molecular weight is 289 g/mol. The summed E-state index contributed by atoms with van der Waals surface area (Å²) in [6.07, 6.45) is -4.25. The number of carbonyl (C=O) groups excluding carboxylic acids is 1. The predicted octanol–water partition coefficient (Wildman–Crippen LogP) is 2.68. The molecule has 0 saturated carbocycles. The molecule has 1 unspecified atom stereocenters. The third-order valence-electron chi connectivity index (χ3n) is 2.87. The number of alkyl halides is 3. The molecule has 0 bridgehead atoms. The van der Waals surface area contributed by atoms with E-state index in [1.165, 1.54) is 0 Å². The van der Waals surface area contributed by atoms with Gasteiger partial charge in [-0.1, -0.05) is 25.5 Å². The summed E-state index contributed by atoms with van der Waals surface area (Å²) in [5, 5.41) is 10.8. The highest BCUT2D eigenvalue weighted by atomic mass is 19.4. The van der Waals surface area contributed by atoms with Crippen LogP contribution in [0.4, 0.5) is 13.2 Å². The van der Waals surface area contributed by atoms with Crippen LogP contribution in [0.15, 0.2) is 24.3 Å². The Balaban J connectivity index is 2.51. The fourth-order valence-electron chi connectivity index (χ4n) is 1.61. The molecule has 20 heavy (non-hydrogen) atoms. The molecule has 1 amide bonds. The SMILES string of the molecule is CCCCc1ccc(C(=O)NCC(O)C(F)(F)F)cc1. The van der Waals surface area contributed by atoms with Gasteiger partial charge in [-0.15, -0.1) is 0 Å². The van der Waals surface area contributed by atoms with Crippen LogP contribution in [0.3, 0.4) is 0 Å². The number of nitrogens with one attached hydrogen (secondary N) is 1. The van der Waals surface area contributed by atoms with Gasteiger partial charge in [-0.25, -0.2) is 0 Å². The zero-order chi connectivity index (χ0) is 15.2. The Bertz CT molecular complexity index is 429. The molecule has 0 saturated heterocycles. The molecule has 0 heterocycles. The number of halogens is 3. The Labute approximate surface area is 115 Å². The van der Waals surface area contributed by atoms with Crippen LogP contribution in [0, 0.1) is 0 Å². The minimum atomic E-state index is -4.72. The molecule has 0 spiro atoms. The van der Waals surface area contributed by atoms with E-state index in [1.807, 2.05) is 0 Å². The predicted molar refractivity (Wildman–Crippen MR) is 69.4 cm³/mol. The molecule has 112 valence electrons. The number of rotatable bonds is 6. The molecule has 2 N–H and O–H groups in total. The van der Waals surface area contributed by atoms with Crippen molar-refractivity contribution in [1.82, 2.24) is 5.32 Å². The number of aryl methyl sites for hydroxylation is 1. The molecule has 0 fully saturated rings. The Morgan fingerprint density at radius 1 is 1.30 bits per heavy atom. The summed E-state index contributed by atoms with van der Waals surface area (Å²) >= 11 is 0. The quantitative estimate of drug-likeness (QED) is 0.846. The van der Waals surface area contributed by atoms with Crippen molar-refractivity contribution in [1.29, 1.82) is 0 Å². The van der Waals surface area contributed by atoms with Crippen LogP contribution in [0.2, 0.25) is 0 Å². The summed E-state index contributed by atoms with van der Waals surface area (Å²) in [6.45, 7) is 1.23. The van der Waals surface area contributed by atoms with Crippen LogP contribution in [-0.2, 0) is 6.42 Å². The van der Waals surface area contributed by atoms with Crippen molar-refractivity contribution in [3.63, 3.8) is 0 Å². The highest BCUT2D eigenvalue weighted by molar-refractivity contribution is 5.94. The van der Waals surface area contributed by atoms with E-state index in [2.05, 4.69) is 12.2 Å². The smallest absolute Gasteiger partial charge is 0.382 e. The monoisotopic (exact) mass is 289 g/mol. The first-order valence-electron chi connectivity index (χ1n) is 6.46. The lowest BCUT2D eigenvalue weighted by molar-refractivity contribution is -0.201. The van der Waals surface area contributed by atoms with Crippen LogP contribution in [0.5, 0.6) is 0 Å². The van der Waals surface area contributed by atoms with Crippen molar-refractivity contribution in [2.24, 2.45) is 0 Å². The molecule has 6 heteroatoms. The van der Waals surface area contributed by atoms with Gasteiger partial charge in [0.2, 0.25) is 0 Å². The van der Waals surface area contributed by atoms with Crippen molar-refractivity contribution >= 4 is 5.91 Å². The fourth-order valence-corrected chi connectivity index (χ4v) is 1.61. The van der Waals surface area contributed by atoms with Crippen molar-refractivity contribution in [2.75, 3.05) is 6.54 Å². The first-order chi connectivity index (χ1) is 9.34. The molecule has 0 aliphatic carbocycles. The van der Waals surface area contributed by atoms with Gasteiger partial charge in [0.25, 0.3) is 5.91 Å². The molecule has 0 aliphatic rings. The summed E-state index contributed by atoms with van der Waals surface area (Å²) in [4.78, 5) is 11.6. The number of carbonyl (C=O) groups is 1. The minimum Gasteiger partial charge on any atom is -0.382 e. The Morgan fingerprint density at radius 3 is 2.40 bits per heavy atom. The zero-order valence-electron chi connectivity index (χ0n) is 11.2. The average Bonchev–Trinajstić information content (AvgIpc) is 2.41. The molecule has 1 aromatic carbocycles. The molecular formula is C14H18F3NO2. The maximum Gasteiger partial charge on any atom is 0.416 e. The number of hydrogen-bond acceptors (Lipinski definition) is 2. The van der Waals surface area contributed by atoms with Crippen LogP contribution in [-0.4, -0.2) is 29.8 Å². The summed E-state index contributed by atoms with van der Waals surface area (Å²) in [5.41, 5.74) is 1.36. The summed E-state index contributed by atoms with van der Waals surface area (Å²) in [7, 11) is 0. The highest BCUT2D eigenvalue weighted by Crippen LogP contribution is 2.19. The van der Waals surface area contributed by atoms with E-state index >= 15 is 0 Å². The largest absolute Gasteiger partial charge is 0.416 e. The van der Waals surface area contributed by atoms with Crippen LogP contribution < -0.4 is 5.32 Å². The van der Waals surface area contributed by atoms with Crippen molar-refractivity contribution in [3.8, 4) is 0 Å².